The van der Waals surface area contributed by atoms with E-state index in [0.717, 1.165) is 10.2 Å². The average Bonchev–Trinajstić information content (AvgIpc) is 2.86. The summed E-state index contributed by atoms with van der Waals surface area (Å²) in [6.07, 6.45) is 0. The predicted molar refractivity (Wildman–Crippen MR) is 86.9 cm³/mol. The molecule has 2 unspecified atom stereocenters. The first-order chi connectivity index (χ1) is 9.58. The van der Waals surface area contributed by atoms with Gasteiger partial charge in [0.2, 0.25) is 0 Å². The smallest absolute Gasteiger partial charge is 0.122 e. The Kier molecular flexibility index (Phi) is 3.78. The molecule has 1 aliphatic heterocycles. The number of benzene rings is 2. The molecule has 1 aliphatic rings. The summed E-state index contributed by atoms with van der Waals surface area (Å²) in [4.78, 5) is 0. The normalized spacial score (nSPS) is 18.5. The summed E-state index contributed by atoms with van der Waals surface area (Å²) in [5, 5.41) is -0.0644. The van der Waals surface area contributed by atoms with Crippen LogP contribution >= 0.6 is 27.5 Å². The molecule has 0 spiro atoms. The van der Waals surface area contributed by atoms with Crippen LogP contribution in [0.2, 0.25) is 0 Å². The third kappa shape index (κ3) is 2.36. The van der Waals surface area contributed by atoms with Gasteiger partial charge in [-0.15, -0.1) is 11.6 Å². The first kappa shape index (κ1) is 14.0. The number of hydrogen-bond acceptors (Lipinski definition) is 1. The lowest BCUT2D eigenvalue weighted by Crippen LogP contribution is -2.09. The van der Waals surface area contributed by atoms with Crippen molar-refractivity contribution in [1.29, 1.82) is 0 Å². The average molecular weight is 352 g/mol. The third-order valence-corrected chi connectivity index (χ3v) is 5.33. The summed E-state index contributed by atoms with van der Waals surface area (Å²) in [6, 6.07) is 12.5. The van der Waals surface area contributed by atoms with Gasteiger partial charge in [0.05, 0.1) is 12.0 Å². The molecule has 1 heterocycles. The van der Waals surface area contributed by atoms with Gasteiger partial charge in [-0.3, -0.25) is 0 Å². The van der Waals surface area contributed by atoms with Crippen molar-refractivity contribution in [2.75, 3.05) is 6.61 Å². The van der Waals surface area contributed by atoms with Crippen LogP contribution in [0.5, 0.6) is 5.75 Å². The summed E-state index contributed by atoms with van der Waals surface area (Å²) in [5.41, 5.74) is 4.83. The van der Waals surface area contributed by atoms with Crippen LogP contribution in [0.25, 0.3) is 0 Å². The molecular formula is C17H16BrClO. The number of fused-ring (bicyclic) bond motifs is 1. The molecular weight excluding hydrogens is 336 g/mol. The molecule has 2 aromatic rings. The molecule has 20 heavy (non-hydrogen) atoms. The van der Waals surface area contributed by atoms with Crippen molar-refractivity contribution in [3.05, 3.63) is 63.1 Å². The fourth-order valence-corrected chi connectivity index (χ4v) is 3.65. The van der Waals surface area contributed by atoms with Gasteiger partial charge in [-0.05, 0) is 42.7 Å². The highest BCUT2D eigenvalue weighted by molar-refractivity contribution is 9.10. The van der Waals surface area contributed by atoms with Crippen LogP contribution in [-0.2, 0) is 0 Å². The zero-order valence-electron chi connectivity index (χ0n) is 11.5. The molecule has 0 aliphatic carbocycles. The van der Waals surface area contributed by atoms with Crippen molar-refractivity contribution in [3.63, 3.8) is 0 Å². The fraction of sp³-hybridized carbons (Fsp3) is 0.294. The molecule has 0 bridgehead atoms. The van der Waals surface area contributed by atoms with Gasteiger partial charge in [-0.1, -0.05) is 40.2 Å². The molecule has 0 radical (unpaired) electrons. The molecule has 1 nitrogen and oxygen atoms in total. The Labute approximate surface area is 133 Å². The van der Waals surface area contributed by atoms with Gasteiger partial charge < -0.3 is 4.74 Å². The van der Waals surface area contributed by atoms with E-state index in [1.807, 2.05) is 18.2 Å². The molecule has 2 atom stereocenters. The van der Waals surface area contributed by atoms with Crippen molar-refractivity contribution >= 4 is 27.5 Å². The van der Waals surface area contributed by atoms with Gasteiger partial charge in [-0.2, -0.15) is 0 Å². The number of para-hydroxylation sites is 1. The van der Waals surface area contributed by atoms with Crippen LogP contribution < -0.4 is 4.74 Å². The second kappa shape index (κ2) is 5.42. The molecule has 0 aromatic heterocycles. The van der Waals surface area contributed by atoms with E-state index >= 15 is 0 Å². The standard InChI is InChI=1S/C17H16BrClO/c1-10-8-15(18)11(2)7-13(10)17(19)14-9-20-16-6-4-3-5-12(14)16/h3-8,14,17H,9H2,1-2H3. The van der Waals surface area contributed by atoms with E-state index < -0.39 is 0 Å². The van der Waals surface area contributed by atoms with Crippen LogP contribution in [0.15, 0.2) is 40.9 Å². The summed E-state index contributed by atoms with van der Waals surface area (Å²) in [6.45, 7) is 4.86. The highest BCUT2D eigenvalue weighted by Crippen LogP contribution is 2.45. The minimum absolute atomic E-state index is 0.0644. The second-order valence-corrected chi connectivity index (χ2v) is 6.64. The topological polar surface area (TPSA) is 9.23 Å². The molecule has 2 aromatic carbocycles. The zero-order valence-corrected chi connectivity index (χ0v) is 13.8. The number of alkyl halides is 1. The van der Waals surface area contributed by atoms with E-state index in [1.54, 1.807) is 0 Å². The minimum Gasteiger partial charge on any atom is -0.493 e. The minimum atomic E-state index is -0.0644. The van der Waals surface area contributed by atoms with E-state index in [4.69, 9.17) is 16.3 Å². The Balaban J connectivity index is 1.98. The highest BCUT2D eigenvalue weighted by atomic mass is 79.9. The van der Waals surface area contributed by atoms with Crippen molar-refractivity contribution in [2.24, 2.45) is 0 Å². The molecule has 0 saturated carbocycles. The van der Waals surface area contributed by atoms with Crippen LogP contribution in [0.1, 0.15) is 33.5 Å². The van der Waals surface area contributed by atoms with Gasteiger partial charge in [-0.25, -0.2) is 0 Å². The molecule has 0 N–H and O–H groups in total. The van der Waals surface area contributed by atoms with Crippen LogP contribution in [0.4, 0.5) is 0 Å². The summed E-state index contributed by atoms with van der Waals surface area (Å²) in [7, 11) is 0. The first-order valence-electron chi connectivity index (χ1n) is 6.70. The van der Waals surface area contributed by atoms with Crippen LogP contribution in [-0.4, -0.2) is 6.61 Å². The lowest BCUT2D eigenvalue weighted by atomic mass is 9.90. The van der Waals surface area contributed by atoms with E-state index in [2.05, 4.69) is 48.0 Å². The second-order valence-electron chi connectivity index (χ2n) is 5.32. The quantitative estimate of drug-likeness (QED) is 0.647. The summed E-state index contributed by atoms with van der Waals surface area (Å²) in [5.74, 6) is 1.18. The zero-order chi connectivity index (χ0) is 14.3. The monoisotopic (exact) mass is 350 g/mol. The number of rotatable bonds is 2. The Morgan fingerprint density at radius 3 is 2.75 bits per heavy atom. The van der Waals surface area contributed by atoms with Gasteiger partial charge in [0.25, 0.3) is 0 Å². The number of ether oxygens (including phenoxy) is 1. The molecule has 3 heteroatoms. The Hall–Kier alpha value is -0.990. The number of aryl methyl sites for hydroxylation is 2. The number of hydrogen-bond donors (Lipinski definition) is 0. The lowest BCUT2D eigenvalue weighted by molar-refractivity contribution is 0.328. The molecule has 3 rings (SSSR count). The maximum Gasteiger partial charge on any atom is 0.122 e. The van der Waals surface area contributed by atoms with Crippen molar-refractivity contribution in [2.45, 2.75) is 25.1 Å². The van der Waals surface area contributed by atoms with Gasteiger partial charge >= 0.3 is 0 Å². The van der Waals surface area contributed by atoms with Gasteiger partial charge in [0, 0.05) is 16.0 Å². The number of halogens is 2. The van der Waals surface area contributed by atoms with Gasteiger partial charge in [0.1, 0.15) is 5.75 Å². The summed E-state index contributed by atoms with van der Waals surface area (Å²) >= 11 is 10.3. The highest BCUT2D eigenvalue weighted by Gasteiger charge is 2.31. The predicted octanol–water partition coefficient (Wildman–Crippen LogP) is 5.52. The van der Waals surface area contributed by atoms with Crippen molar-refractivity contribution in [1.82, 2.24) is 0 Å². The summed E-state index contributed by atoms with van der Waals surface area (Å²) < 4.78 is 6.88. The van der Waals surface area contributed by atoms with E-state index in [1.165, 1.54) is 22.3 Å². The lowest BCUT2D eigenvalue weighted by Gasteiger charge is -2.20. The van der Waals surface area contributed by atoms with Crippen molar-refractivity contribution in [3.8, 4) is 5.75 Å². The molecule has 0 saturated heterocycles. The van der Waals surface area contributed by atoms with Crippen LogP contribution in [0, 0.1) is 13.8 Å². The van der Waals surface area contributed by atoms with Crippen molar-refractivity contribution < 1.29 is 4.74 Å². The van der Waals surface area contributed by atoms with E-state index in [-0.39, 0.29) is 11.3 Å². The Bertz CT molecular complexity index is 653. The Morgan fingerprint density at radius 1 is 1.20 bits per heavy atom. The Morgan fingerprint density at radius 2 is 1.95 bits per heavy atom. The maximum atomic E-state index is 6.77. The van der Waals surface area contributed by atoms with E-state index in [9.17, 15) is 0 Å². The van der Waals surface area contributed by atoms with Gasteiger partial charge in [0.15, 0.2) is 0 Å². The maximum absolute atomic E-state index is 6.77. The first-order valence-corrected chi connectivity index (χ1v) is 7.93. The SMILES string of the molecule is Cc1cc(C(Cl)C2COc3ccccc32)c(C)cc1Br. The molecule has 0 amide bonds. The third-order valence-electron chi connectivity index (χ3n) is 3.93. The van der Waals surface area contributed by atoms with E-state index in [0.29, 0.717) is 6.61 Å². The molecule has 0 fully saturated rings. The largest absolute Gasteiger partial charge is 0.493 e. The van der Waals surface area contributed by atoms with Crippen LogP contribution in [0.3, 0.4) is 0 Å². The fourth-order valence-electron chi connectivity index (χ4n) is 2.75. The molecule has 104 valence electrons.